The van der Waals surface area contributed by atoms with Crippen LogP contribution in [0.5, 0.6) is 0 Å². The molecule has 0 fully saturated rings. The van der Waals surface area contributed by atoms with Crippen LogP contribution in [0.2, 0.25) is 0 Å². The molecule has 0 spiro atoms. The SMILES string of the molecule is CC=CCC(C)c1ccccc1. The standard InChI is InChI=1S/C12H16/c1-3-4-8-11(2)12-9-6-5-7-10-12/h3-7,9-11H,8H2,1-2H3. The Hall–Kier alpha value is -1.04. The van der Waals surface area contributed by atoms with Crippen molar-refractivity contribution in [1.29, 1.82) is 0 Å². The van der Waals surface area contributed by atoms with Gasteiger partial charge in [0, 0.05) is 0 Å². The van der Waals surface area contributed by atoms with Crippen molar-refractivity contribution in [2.45, 2.75) is 26.2 Å². The van der Waals surface area contributed by atoms with Crippen LogP contribution >= 0.6 is 0 Å². The summed E-state index contributed by atoms with van der Waals surface area (Å²) in [6, 6.07) is 10.6. The first-order valence-electron chi connectivity index (χ1n) is 4.50. The zero-order valence-corrected chi connectivity index (χ0v) is 7.83. The smallest absolute Gasteiger partial charge is 0.0156 e. The summed E-state index contributed by atoms with van der Waals surface area (Å²) < 4.78 is 0. The van der Waals surface area contributed by atoms with Crippen molar-refractivity contribution in [1.82, 2.24) is 0 Å². The average molecular weight is 160 g/mol. The summed E-state index contributed by atoms with van der Waals surface area (Å²) in [5.74, 6) is 0.641. The van der Waals surface area contributed by atoms with Crippen LogP contribution in [0.25, 0.3) is 0 Å². The maximum atomic E-state index is 2.26. The molecule has 0 aliphatic heterocycles. The van der Waals surface area contributed by atoms with Gasteiger partial charge in [-0.1, -0.05) is 49.4 Å². The highest BCUT2D eigenvalue weighted by Gasteiger charge is 2.00. The summed E-state index contributed by atoms with van der Waals surface area (Å²) in [4.78, 5) is 0. The monoisotopic (exact) mass is 160 g/mol. The molecule has 0 radical (unpaired) electrons. The van der Waals surface area contributed by atoms with E-state index in [1.54, 1.807) is 0 Å². The van der Waals surface area contributed by atoms with Gasteiger partial charge in [-0.25, -0.2) is 0 Å². The third-order valence-corrected chi connectivity index (χ3v) is 2.09. The van der Waals surface area contributed by atoms with Crippen LogP contribution in [0, 0.1) is 0 Å². The molecule has 1 rings (SSSR count). The molecule has 1 atom stereocenters. The first-order chi connectivity index (χ1) is 5.84. The molecule has 0 bridgehead atoms. The van der Waals surface area contributed by atoms with Crippen LogP contribution in [0.15, 0.2) is 42.5 Å². The molecule has 1 aromatic rings. The van der Waals surface area contributed by atoms with Gasteiger partial charge >= 0.3 is 0 Å². The third kappa shape index (κ3) is 2.54. The van der Waals surface area contributed by atoms with Crippen molar-refractivity contribution in [3.63, 3.8) is 0 Å². The maximum absolute atomic E-state index is 2.26. The highest BCUT2D eigenvalue weighted by molar-refractivity contribution is 5.19. The molecule has 0 saturated carbocycles. The van der Waals surface area contributed by atoms with E-state index < -0.39 is 0 Å². The lowest BCUT2D eigenvalue weighted by atomic mass is 9.98. The van der Waals surface area contributed by atoms with Crippen LogP contribution in [0.1, 0.15) is 31.7 Å². The molecular formula is C12H16. The van der Waals surface area contributed by atoms with Crippen molar-refractivity contribution < 1.29 is 0 Å². The molecule has 0 heteroatoms. The summed E-state index contributed by atoms with van der Waals surface area (Å²) in [5.41, 5.74) is 1.43. The van der Waals surface area contributed by atoms with Gasteiger partial charge in [-0.2, -0.15) is 0 Å². The summed E-state index contributed by atoms with van der Waals surface area (Å²) in [6.07, 6.45) is 5.47. The molecule has 1 unspecified atom stereocenters. The van der Waals surface area contributed by atoms with Crippen LogP contribution in [0.4, 0.5) is 0 Å². The zero-order valence-electron chi connectivity index (χ0n) is 7.83. The Morgan fingerprint density at radius 1 is 1.25 bits per heavy atom. The largest absolute Gasteiger partial charge is 0.0916 e. The number of allylic oxidation sites excluding steroid dienone is 2. The molecule has 0 aliphatic carbocycles. The van der Waals surface area contributed by atoms with Crippen LogP contribution in [0.3, 0.4) is 0 Å². The van der Waals surface area contributed by atoms with E-state index in [-0.39, 0.29) is 0 Å². The van der Waals surface area contributed by atoms with Gasteiger partial charge in [-0.15, -0.1) is 0 Å². The predicted octanol–water partition coefficient (Wildman–Crippen LogP) is 3.76. The molecule has 1 aromatic carbocycles. The van der Waals surface area contributed by atoms with E-state index in [4.69, 9.17) is 0 Å². The molecule has 0 nitrogen and oxygen atoms in total. The molecule has 0 aromatic heterocycles. The number of rotatable bonds is 3. The highest BCUT2D eigenvalue weighted by atomic mass is 14.1. The number of benzene rings is 1. The molecule has 0 aliphatic rings. The summed E-state index contributed by atoms with van der Waals surface area (Å²) in [5, 5.41) is 0. The van der Waals surface area contributed by atoms with Crippen LogP contribution in [-0.4, -0.2) is 0 Å². The Kier molecular flexibility index (Phi) is 3.59. The van der Waals surface area contributed by atoms with E-state index >= 15 is 0 Å². The second-order valence-electron chi connectivity index (χ2n) is 3.12. The molecule has 12 heavy (non-hydrogen) atoms. The molecule has 0 N–H and O–H groups in total. The Balaban J connectivity index is 2.59. The van der Waals surface area contributed by atoms with Gasteiger partial charge in [-0.3, -0.25) is 0 Å². The van der Waals surface area contributed by atoms with Gasteiger partial charge in [-0.05, 0) is 24.8 Å². The van der Waals surface area contributed by atoms with Crippen molar-refractivity contribution in [3.8, 4) is 0 Å². The molecular weight excluding hydrogens is 144 g/mol. The van der Waals surface area contributed by atoms with Gasteiger partial charge in [0.25, 0.3) is 0 Å². The predicted molar refractivity (Wildman–Crippen MR) is 54.3 cm³/mol. The summed E-state index contributed by atoms with van der Waals surface area (Å²) in [6.45, 7) is 4.33. The fourth-order valence-corrected chi connectivity index (χ4v) is 1.26. The lowest BCUT2D eigenvalue weighted by Gasteiger charge is -2.07. The average Bonchev–Trinajstić information content (AvgIpc) is 2.15. The number of hydrogen-bond acceptors (Lipinski definition) is 0. The fraction of sp³-hybridized carbons (Fsp3) is 0.333. The van der Waals surface area contributed by atoms with Crippen molar-refractivity contribution in [2.75, 3.05) is 0 Å². The zero-order chi connectivity index (χ0) is 8.81. The van der Waals surface area contributed by atoms with E-state index in [0.717, 1.165) is 6.42 Å². The van der Waals surface area contributed by atoms with E-state index in [1.807, 2.05) is 0 Å². The minimum atomic E-state index is 0.641. The highest BCUT2D eigenvalue weighted by Crippen LogP contribution is 2.18. The normalized spacial score (nSPS) is 13.5. The third-order valence-electron chi connectivity index (χ3n) is 2.09. The second kappa shape index (κ2) is 4.76. The quantitative estimate of drug-likeness (QED) is 0.591. The minimum absolute atomic E-state index is 0.641. The van der Waals surface area contributed by atoms with Gasteiger partial charge in [0.2, 0.25) is 0 Å². The van der Waals surface area contributed by atoms with E-state index in [2.05, 4.69) is 56.3 Å². The van der Waals surface area contributed by atoms with E-state index in [0.29, 0.717) is 5.92 Å². The lowest BCUT2D eigenvalue weighted by Crippen LogP contribution is -1.89. The maximum Gasteiger partial charge on any atom is -0.0156 e. The second-order valence-corrected chi connectivity index (χ2v) is 3.12. The Morgan fingerprint density at radius 2 is 1.92 bits per heavy atom. The Labute approximate surface area is 74.9 Å². The van der Waals surface area contributed by atoms with Gasteiger partial charge < -0.3 is 0 Å². The van der Waals surface area contributed by atoms with E-state index in [1.165, 1.54) is 5.56 Å². The molecule has 64 valence electrons. The summed E-state index contributed by atoms with van der Waals surface area (Å²) >= 11 is 0. The first-order valence-corrected chi connectivity index (χ1v) is 4.50. The molecule has 0 saturated heterocycles. The summed E-state index contributed by atoms with van der Waals surface area (Å²) in [7, 11) is 0. The lowest BCUT2D eigenvalue weighted by molar-refractivity contribution is 0.780. The van der Waals surface area contributed by atoms with Gasteiger partial charge in [0.15, 0.2) is 0 Å². The Morgan fingerprint density at radius 3 is 2.50 bits per heavy atom. The van der Waals surface area contributed by atoms with E-state index in [9.17, 15) is 0 Å². The molecule has 0 amide bonds. The fourth-order valence-electron chi connectivity index (χ4n) is 1.26. The van der Waals surface area contributed by atoms with Crippen molar-refractivity contribution >= 4 is 0 Å². The number of hydrogen-bond donors (Lipinski definition) is 0. The van der Waals surface area contributed by atoms with Crippen LogP contribution < -0.4 is 0 Å². The van der Waals surface area contributed by atoms with Gasteiger partial charge in [0.1, 0.15) is 0 Å². The first kappa shape index (κ1) is 9.05. The topological polar surface area (TPSA) is 0 Å². The Bertz CT molecular complexity index is 233. The molecule has 0 heterocycles. The minimum Gasteiger partial charge on any atom is -0.0916 e. The van der Waals surface area contributed by atoms with Gasteiger partial charge in [0.05, 0.1) is 0 Å². The van der Waals surface area contributed by atoms with Crippen molar-refractivity contribution in [3.05, 3.63) is 48.0 Å². The van der Waals surface area contributed by atoms with Crippen LogP contribution in [-0.2, 0) is 0 Å². The van der Waals surface area contributed by atoms with Crippen molar-refractivity contribution in [2.24, 2.45) is 0 Å².